The molecule has 1 amide bonds. The summed E-state index contributed by atoms with van der Waals surface area (Å²) in [6.45, 7) is 7.81. The fourth-order valence-corrected chi connectivity index (χ4v) is 6.40. The predicted octanol–water partition coefficient (Wildman–Crippen LogP) is 3.84. The van der Waals surface area contributed by atoms with Gasteiger partial charge in [0, 0.05) is 61.5 Å². The molecule has 1 atom stereocenters. The van der Waals surface area contributed by atoms with Crippen molar-refractivity contribution in [2.45, 2.75) is 38.3 Å². The minimum atomic E-state index is -2.39. The number of carbonyl (C=O) groups is 1. The van der Waals surface area contributed by atoms with Crippen LogP contribution >= 0.6 is 0 Å². The number of amides is 1. The number of phenols is 1. The van der Waals surface area contributed by atoms with E-state index >= 15 is 0 Å². The molecule has 3 aromatic rings. The Kier molecular flexibility index (Phi) is 8.10. The zero-order valence-corrected chi connectivity index (χ0v) is 23.6. The van der Waals surface area contributed by atoms with E-state index in [1.807, 2.05) is 18.2 Å². The normalized spacial score (nSPS) is 19.4. The van der Waals surface area contributed by atoms with Crippen molar-refractivity contribution in [1.82, 2.24) is 19.8 Å². The van der Waals surface area contributed by atoms with Gasteiger partial charge in [-0.1, -0.05) is 30.8 Å². The van der Waals surface area contributed by atoms with Crippen LogP contribution in [0.25, 0.3) is 10.8 Å². The summed E-state index contributed by atoms with van der Waals surface area (Å²) in [5.41, 5.74) is 2.82. The first-order valence-electron chi connectivity index (χ1n) is 14.6. The summed E-state index contributed by atoms with van der Waals surface area (Å²) in [6, 6.07) is 11.7. The summed E-state index contributed by atoms with van der Waals surface area (Å²) in [4.78, 5) is 29.8. The molecule has 3 aliphatic heterocycles. The minimum Gasteiger partial charge on any atom is -0.508 e. The zero-order chi connectivity index (χ0) is 29.2. The van der Waals surface area contributed by atoms with Crippen LogP contribution in [0.5, 0.6) is 11.8 Å². The molecule has 0 spiro atoms. The molecule has 1 aromatic heterocycles. The number of aromatic hydroxyl groups is 1. The molecule has 2 fully saturated rings. The summed E-state index contributed by atoms with van der Waals surface area (Å²) in [5.74, 6) is 0.929. The van der Waals surface area contributed by atoms with Crippen molar-refractivity contribution in [3.63, 3.8) is 0 Å². The fraction of sp³-hybridized carbons (Fsp3) is 0.452. The van der Waals surface area contributed by atoms with Crippen LogP contribution in [-0.2, 0) is 17.8 Å². The topological polar surface area (TPSA) is 85.3 Å². The van der Waals surface area contributed by atoms with Gasteiger partial charge < -0.3 is 24.5 Å². The van der Waals surface area contributed by atoms with Crippen molar-refractivity contribution in [2.24, 2.45) is 0 Å². The van der Waals surface area contributed by atoms with Crippen LogP contribution < -0.4 is 14.5 Å². The van der Waals surface area contributed by atoms with Crippen LogP contribution in [0, 0.1) is 0 Å². The third kappa shape index (κ3) is 5.83. The third-order valence-corrected chi connectivity index (χ3v) is 8.53. The molecule has 222 valence electrons. The lowest BCUT2D eigenvalue weighted by molar-refractivity contribution is -0.126. The number of hydrogen-bond acceptors (Lipinski definition) is 8. The Balaban J connectivity index is 1.29. The largest absolute Gasteiger partial charge is 0.508 e. The average Bonchev–Trinajstić information content (AvgIpc) is 3.44. The van der Waals surface area contributed by atoms with E-state index in [2.05, 4.69) is 22.4 Å². The van der Waals surface area contributed by atoms with E-state index < -0.39 is 6.43 Å². The van der Waals surface area contributed by atoms with Crippen LogP contribution in [0.2, 0.25) is 0 Å². The van der Waals surface area contributed by atoms with Crippen molar-refractivity contribution in [1.29, 1.82) is 0 Å². The van der Waals surface area contributed by atoms with Gasteiger partial charge in [0.05, 0.1) is 18.8 Å². The number of alkyl halides is 2. The van der Waals surface area contributed by atoms with E-state index in [-0.39, 0.29) is 36.9 Å². The number of rotatable bonds is 8. The van der Waals surface area contributed by atoms with Gasteiger partial charge in [0.25, 0.3) is 6.43 Å². The van der Waals surface area contributed by atoms with Crippen molar-refractivity contribution < 1.29 is 23.4 Å². The van der Waals surface area contributed by atoms with Gasteiger partial charge in [-0.2, -0.15) is 9.97 Å². The van der Waals surface area contributed by atoms with Crippen molar-refractivity contribution in [3.05, 3.63) is 60.3 Å². The average molecular weight is 579 g/mol. The predicted molar refractivity (Wildman–Crippen MR) is 157 cm³/mol. The lowest BCUT2D eigenvalue weighted by Crippen LogP contribution is -2.49. The van der Waals surface area contributed by atoms with Gasteiger partial charge in [-0.25, -0.2) is 8.78 Å². The first-order valence-corrected chi connectivity index (χ1v) is 14.6. The van der Waals surface area contributed by atoms with Gasteiger partial charge in [0.15, 0.2) is 0 Å². The first-order chi connectivity index (χ1) is 20.4. The molecule has 6 rings (SSSR count). The smallest absolute Gasteiger partial charge is 0.318 e. The van der Waals surface area contributed by atoms with Crippen LogP contribution in [0.3, 0.4) is 0 Å². The monoisotopic (exact) mass is 578 g/mol. The highest BCUT2D eigenvalue weighted by atomic mass is 19.3. The van der Waals surface area contributed by atoms with Gasteiger partial charge >= 0.3 is 6.01 Å². The van der Waals surface area contributed by atoms with Crippen molar-refractivity contribution in [2.75, 3.05) is 62.2 Å². The number of carbonyl (C=O) groups excluding carboxylic acids is 1. The number of anilines is 2. The molecular weight excluding hydrogens is 542 g/mol. The Morgan fingerprint density at radius 3 is 2.69 bits per heavy atom. The number of fused-ring (bicyclic) bond motifs is 2. The molecule has 1 N–H and O–H groups in total. The maximum absolute atomic E-state index is 13.1. The molecule has 9 nitrogen and oxygen atoms in total. The molecule has 2 aromatic carbocycles. The number of likely N-dealkylation sites (tertiary alicyclic amines) is 1. The number of aromatic nitrogens is 2. The second-order valence-corrected chi connectivity index (χ2v) is 11.1. The summed E-state index contributed by atoms with van der Waals surface area (Å²) in [5, 5.41) is 12.5. The van der Waals surface area contributed by atoms with Crippen LogP contribution in [0.4, 0.5) is 20.3 Å². The molecule has 3 aliphatic rings. The second-order valence-electron chi connectivity index (χ2n) is 11.1. The molecule has 0 aliphatic carbocycles. The van der Waals surface area contributed by atoms with E-state index in [4.69, 9.17) is 14.7 Å². The number of benzene rings is 2. The maximum atomic E-state index is 13.1. The number of halogens is 2. The van der Waals surface area contributed by atoms with Gasteiger partial charge in [0.1, 0.15) is 18.2 Å². The SMILES string of the molecule is C=CC(=O)N1CCN(c2nc(OC[C@@H]3CCCN3CC(F)F)nc3c2CCN(c2cc(O)cc4ccccc24)C3)CC1. The van der Waals surface area contributed by atoms with Gasteiger partial charge in [-0.05, 0) is 43.3 Å². The van der Waals surface area contributed by atoms with E-state index in [0.29, 0.717) is 45.7 Å². The van der Waals surface area contributed by atoms with Gasteiger partial charge in [0.2, 0.25) is 5.91 Å². The lowest BCUT2D eigenvalue weighted by Gasteiger charge is -2.38. The zero-order valence-electron chi connectivity index (χ0n) is 23.6. The maximum Gasteiger partial charge on any atom is 0.318 e. The fourth-order valence-electron chi connectivity index (χ4n) is 6.40. The number of phenolic OH excluding ortho intramolecular Hbond substituents is 1. The molecule has 0 unspecified atom stereocenters. The standard InChI is InChI=1S/C31H36F2N6O3/c1-2-29(41)36-12-14-37(15-13-36)30-25-9-11-39(27-17-23(40)16-21-6-3-4-8-24(21)27)18-26(25)34-31(35-30)42-20-22-7-5-10-38(22)19-28(32)33/h2-4,6,8,16-17,22,28,40H,1,5,7,9-15,18-20H2/t22-/m0/s1. The second kappa shape index (κ2) is 12.1. The van der Waals surface area contributed by atoms with Crippen molar-refractivity contribution in [3.8, 4) is 11.8 Å². The Hall–Kier alpha value is -3.99. The van der Waals surface area contributed by atoms with Crippen LogP contribution in [0.1, 0.15) is 24.1 Å². The van der Waals surface area contributed by atoms with E-state index in [1.165, 1.54) is 6.08 Å². The highest BCUT2D eigenvalue weighted by Crippen LogP contribution is 2.36. The summed E-state index contributed by atoms with van der Waals surface area (Å²) < 4.78 is 32.3. The Morgan fingerprint density at radius 1 is 1.10 bits per heavy atom. The number of piperazine rings is 1. The number of ether oxygens (including phenoxy) is 1. The molecule has 0 bridgehead atoms. The Bertz CT molecular complexity index is 1460. The van der Waals surface area contributed by atoms with E-state index in [0.717, 1.165) is 52.9 Å². The molecular formula is C31H36F2N6O3. The molecule has 42 heavy (non-hydrogen) atoms. The quantitative estimate of drug-likeness (QED) is 0.404. The van der Waals surface area contributed by atoms with E-state index in [9.17, 15) is 18.7 Å². The van der Waals surface area contributed by atoms with Gasteiger partial charge in [-0.15, -0.1) is 0 Å². The summed E-state index contributed by atoms with van der Waals surface area (Å²) in [6.07, 6.45) is 1.31. The molecule has 2 saturated heterocycles. The van der Waals surface area contributed by atoms with Crippen LogP contribution in [0.15, 0.2) is 49.1 Å². The Morgan fingerprint density at radius 2 is 1.90 bits per heavy atom. The summed E-state index contributed by atoms with van der Waals surface area (Å²) >= 11 is 0. The highest BCUT2D eigenvalue weighted by molar-refractivity contribution is 5.95. The Labute approximate surface area is 244 Å². The van der Waals surface area contributed by atoms with Crippen molar-refractivity contribution >= 4 is 28.2 Å². The third-order valence-electron chi connectivity index (χ3n) is 8.53. The molecule has 0 radical (unpaired) electrons. The van der Waals surface area contributed by atoms with E-state index in [1.54, 1.807) is 21.9 Å². The lowest BCUT2D eigenvalue weighted by atomic mass is 10.0. The van der Waals surface area contributed by atoms with Crippen LogP contribution in [-0.4, -0.2) is 95.7 Å². The molecule has 11 heteroatoms. The summed E-state index contributed by atoms with van der Waals surface area (Å²) in [7, 11) is 0. The highest BCUT2D eigenvalue weighted by Gasteiger charge is 2.31. The molecule has 0 saturated carbocycles. The molecule has 4 heterocycles. The minimum absolute atomic E-state index is 0.0812. The van der Waals surface area contributed by atoms with Gasteiger partial charge in [-0.3, -0.25) is 9.69 Å². The first kappa shape index (κ1) is 28.1. The number of nitrogens with zero attached hydrogens (tertiary/aromatic N) is 6. The number of hydrogen-bond donors (Lipinski definition) is 1.